The summed E-state index contributed by atoms with van der Waals surface area (Å²) in [4.78, 5) is 4.81. The van der Waals surface area contributed by atoms with Gasteiger partial charge in [-0.05, 0) is 31.0 Å². The lowest BCUT2D eigenvalue weighted by Crippen LogP contribution is -2.32. The van der Waals surface area contributed by atoms with Crippen LogP contribution in [0.1, 0.15) is 32.3 Å². The minimum Gasteiger partial charge on any atom is -0.253 e. The van der Waals surface area contributed by atoms with Crippen LogP contribution in [0.4, 0.5) is 5.13 Å². The standard InChI is InChI=1S/C22H25ClN4O2S2/c1-3-12-27(13-4-2)31(28,29)19-10-7-9-17(14-19)21-16-30-22(25-21)26-24-15-18-8-5-6-11-20(18)23/h5-11,14-16H,3-4,12-13H2,1-2H3,(H,25,26). The molecule has 0 bridgehead atoms. The van der Waals surface area contributed by atoms with Crippen LogP contribution in [0.15, 0.2) is 63.9 Å². The van der Waals surface area contributed by atoms with E-state index in [1.165, 1.54) is 11.3 Å². The third-order valence-electron chi connectivity index (χ3n) is 4.49. The van der Waals surface area contributed by atoms with Crippen molar-refractivity contribution in [1.29, 1.82) is 0 Å². The van der Waals surface area contributed by atoms with Crippen LogP contribution in [-0.2, 0) is 10.0 Å². The number of nitrogens with one attached hydrogen (secondary N) is 1. The van der Waals surface area contributed by atoms with Crippen LogP contribution in [-0.4, -0.2) is 37.0 Å². The van der Waals surface area contributed by atoms with Crippen LogP contribution in [0.25, 0.3) is 11.3 Å². The first-order chi connectivity index (χ1) is 15.0. The van der Waals surface area contributed by atoms with Crippen LogP contribution in [0.2, 0.25) is 5.02 Å². The number of nitrogens with zero attached hydrogens (tertiary/aromatic N) is 3. The van der Waals surface area contributed by atoms with Gasteiger partial charge in [0, 0.05) is 34.6 Å². The zero-order valence-electron chi connectivity index (χ0n) is 17.5. The molecule has 164 valence electrons. The lowest BCUT2D eigenvalue weighted by atomic mass is 10.2. The molecule has 0 saturated carbocycles. The first-order valence-corrected chi connectivity index (χ1v) is 12.7. The molecule has 0 aliphatic carbocycles. The van der Waals surface area contributed by atoms with Gasteiger partial charge in [0.05, 0.1) is 16.8 Å². The molecule has 0 aliphatic heterocycles. The third-order valence-corrected chi connectivity index (χ3v) is 7.47. The Hall–Kier alpha value is -2.26. The van der Waals surface area contributed by atoms with E-state index < -0.39 is 10.0 Å². The number of aromatic nitrogens is 1. The van der Waals surface area contributed by atoms with Crippen LogP contribution in [0, 0.1) is 0 Å². The van der Waals surface area contributed by atoms with E-state index in [-0.39, 0.29) is 4.90 Å². The van der Waals surface area contributed by atoms with Crippen molar-refractivity contribution in [1.82, 2.24) is 9.29 Å². The van der Waals surface area contributed by atoms with E-state index in [9.17, 15) is 8.42 Å². The number of thiazole rings is 1. The first kappa shape index (κ1) is 23.4. The number of sulfonamides is 1. The van der Waals surface area contributed by atoms with Crippen molar-refractivity contribution in [2.45, 2.75) is 31.6 Å². The van der Waals surface area contributed by atoms with Gasteiger partial charge in [0.2, 0.25) is 15.2 Å². The normalized spacial score (nSPS) is 12.0. The fraction of sp³-hybridized carbons (Fsp3) is 0.273. The number of hydrogen-bond acceptors (Lipinski definition) is 6. The Kier molecular flexibility index (Phi) is 8.20. The van der Waals surface area contributed by atoms with Gasteiger partial charge in [-0.25, -0.2) is 13.4 Å². The number of hydrogen-bond donors (Lipinski definition) is 1. The van der Waals surface area contributed by atoms with Crippen LogP contribution in [0.5, 0.6) is 0 Å². The summed E-state index contributed by atoms with van der Waals surface area (Å²) in [5, 5.41) is 7.28. The van der Waals surface area contributed by atoms with Crippen molar-refractivity contribution in [2.75, 3.05) is 18.5 Å². The molecule has 0 fully saturated rings. The topological polar surface area (TPSA) is 74.7 Å². The Morgan fingerprint density at radius 1 is 1.13 bits per heavy atom. The predicted molar refractivity (Wildman–Crippen MR) is 130 cm³/mol. The largest absolute Gasteiger partial charge is 0.253 e. The zero-order valence-corrected chi connectivity index (χ0v) is 19.8. The summed E-state index contributed by atoms with van der Waals surface area (Å²) in [5.41, 5.74) is 5.13. The van der Waals surface area contributed by atoms with Gasteiger partial charge in [-0.2, -0.15) is 9.41 Å². The van der Waals surface area contributed by atoms with Crippen molar-refractivity contribution in [3.63, 3.8) is 0 Å². The summed E-state index contributed by atoms with van der Waals surface area (Å²) < 4.78 is 27.7. The van der Waals surface area contributed by atoms with E-state index in [0.717, 1.165) is 24.0 Å². The highest BCUT2D eigenvalue weighted by molar-refractivity contribution is 7.89. The number of benzene rings is 2. The van der Waals surface area contributed by atoms with Crippen molar-refractivity contribution in [2.24, 2.45) is 5.10 Å². The number of halogens is 1. The molecule has 3 rings (SSSR count). The molecule has 0 saturated heterocycles. The molecule has 0 unspecified atom stereocenters. The second-order valence-corrected chi connectivity index (χ2v) is 10.1. The molecular weight excluding hydrogens is 452 g/mol. The summed E-state index contributed by atoms with van der Waals surface area (Å²) in [6.45, 7) is 4.97. The van der Waals surface area contributed by atoms with Crippen LogP contribution < -0.4 is 5.43 Å². The van der Waals surface area contributed by atoms with Gasteiger partial charge in [0.25, 0.3) is 0 Å². The molecule has 3 aromatic rings. The van der Waals surface area contributed by atoms with E-state index in [0.29, 0.717) is 28.9 Å². The molecule has 0 atom stereocenters. The Morgan fingerprint density at radius 3 is 2.58 bits per heavy atom. The molecule has 0 spiro atoms. The highest BCUT2D eigenvalue weighted by Gasteiger charge is 2.23. The van der Waals surface area contributed by atoms with E-state index in [1.807, 2.05) is 43.5 Å². The van der Waals surface area contributed by atoms with Crippen molar-refractivity contribution < 1.29 is 8.42 Å². The average molecular weight is 477 g/mol. The van der Waals surface area contributed by atoms with E-state index in [4.69, 9.17) is 11.6 Å². The molecule has 1 heterocycles. The number of rotatable bonds is 10. The van der Waals surface area contributed by atoms with Gasteiger partial charge >= 0.3 is 0 Å². The molecule has 0 aliphatic rings. The van der Waals surface area contributed by atoms with Gasteiger partial charge in [0.1, 0.15) is 0 Å². The molecular formula is C22H25ClN4O2S2. The van der Waals surface area contributed by atoms with Crippen molar-refractivity contribution in [3.8, 4) is 11.3 Å². The van der Waals surface area contributed by atoms with Gasteiger partial charge in [-0.1, -0.05) is 55.8 Å². The maximum absolute atomic E-state index is 13.1. The summed E-state index contributed by atoms with van der Waals surface area (Å²) in [7, 11) is -3.54. The molecule has 31 heavy (non-hydrogen) atoms. The summed E-state index contributed by atoms with van der Waals surface area (Å²) >= 11 is 7.51. The third kappa shape index (κ3) is 5.92. The van der Waals surface area contributed by atoms with Crippen LogP contribution >= 0.6 is 22.9 Å². The fourth-order valence-corrected chi connectivity index (χ4v) is 5.53. The molecule has 1 aromatic heterocycles. The zero-order chi connectivity index (χ0) is 22.3. The van der Waals surface area contributed by atoms with Gasteiger partial charge in [0.15, 0.2) is 0 Å². The molecule has 0 amide bonds. The molecule has 2 aromatic carbocycles. The highest BCUT2D eigenvalue weighted by Crippen LogP contribution is 2.28. The lowest BCUT2D eigenvalue weighted by molar-refractivity contribution is 0.410. The average Bonchev–Trinajstić information content (AvgIpc) is 3.24. The molecule has 9 heteroatoms. The predicted octanol–water partition coefficient (Wildman–Crippen LogP) is 5.72. The SMILES string of the molecule is CCCN(CCC)S(=O)(=O)c1cccc(-c2csc(NN=Cc3ccccc3Cl)n2)c1. The summed E-state index contributed by atoms with van der Waals surface area (Å²) in [6, 6.07) is 14.3. The Morgan fingerprint density at radius 2 is 1.87 bits per heavy atom. The first-order valence-electron chi connectivity index (χ1n) is 10.1. The maximum Gasteiger partial charge on any atom is 0.243 e. The van der Waals surface area contributed by atoms with Gasteiger partial charge in [-0.3, -0.25) is 5.43 Å². The minimum absolute atomic E-state index is 0.283. The smallest absolute Gasteiger partial charge is 0.243 e. The van der Waals surface area contributed by atoms with Crippen molar-refractivity contribution >= 4 is 44.3 Å². The monoisotopic (exact) mass is 476 g/mol. The van der Waals surface area contributed by atoms with E-state index in [1.54, 1.807) is 34.8 Å². The highest BCUT2D eigenvalue weighted by atomic mass is 35.5. The van der Waals surface area contributed by atoms with Crippen LogP contribution in [0.3, 0.4) is 0 Å². The molecule has 1 N–H and O–H groups in total. The van der Waals surface area contributed by atoms with Crippen molar-refractivity contribution in [3.05, 3.63) is 64.5 Å². The quantitative estimate of drug-likeness (QED) is 0.300. The molecule has 6 nitrogen and oxygen atoms in total. The lowest BCUT2D eigenvalue weighted by Gasteiger charge is -2.21. The summed E-state index contributed by atoms with van der Waals surface area (Å²) in [5.74, 6) is 0. The Labute approximate surface area is 192 Å². The Balaban J connectivity index is 1.77. The second kappa shape index (κ2) is 10.9. The number of anilines is 1. The van der Waals surface area contributed by atoms with E-state index in [2.05, 4.69) is 15.5 Å². The van der Waals surface area contributed by atoms with Gasteiger partial charge in [-0.15, -0.1) is 11.3 Å². The molecule has 0 radical (unpaired) electrons. The minimum atomic E-state index is -3.54. The number of hydrazone groups is 1. The second-order valence-electron chi connectivity index (χ2n) is 6.86. The summed E-state index contributed by atoms with van der Waals surface area (Å²) in [6.07, 6.45) is 3.18. The Bertz CT molecular complexity index is 1140. The fourth-order valence-electron chi connectivity index (χ4n) is 3.01. The van der Waals surface area contributed by atoms with Gasteiger partial charge < -0.3 is 0 Å². The maximum atomic E-state index is 13.1. The van der Waals surface area contributed by atoms with E-state index >= 15 is 0 Å².